The molecule has 0 fully saturated rings. The van der Waals surface area contributed by atoms with Gasteiger partial charge >= 0.3 is 6.18 Å². The Morgan fingerprint density at radius 1 is 1.34 bits per heavy atom. The second-order valence-electron chi connectivity index (χ2n) is 7.77. The number of halogens is 3. The van der Waals surface area contributed by atoms with Crippen LogP contribution in [-0.4, -0.2) is 51.2 Å². The highest BCUT2D eigenvalue weighted by molar-refractivity contribution is 6.04. The van der Waals surface area contributed by atoms with Crippen molar-refractivity contribution in [3.05, 3.63) is 52.5 Å². The SMILES string of the molecule is Cc1cc(C(C)N2C(=O)c3ccnc(C(N)=O)c3C2[C@H](C)CO)cnc1OCC(F)(F)F. The van der Waals surface area contributed by atoms with Crippen molar-refractivity contribution in [3.63, 3.8) is 0 Å². The second kappa shape index (κ2) is 8.73. The number of hydrogen-bond acceptors (Lipinski definition) is 6. The van der Waals surface area contributed by atoms with E-state index in [4.69, 9.17) is 10.5 Å². The second-order valence-corrected chi connectivity index (χ2v) is 7.77. The van der Waals surface area contributed by atoms with Gasteiger partial charge in [0, 0.05) is 41.6 Å². The number of aliphatic hydroxyl groups excluding tert-OH is 1. The Morgan fingerprint density at radius 3 is 2.59 bits per heavy atom. The molecule has 0 radical (unpaired) electrons. The maximum Gasteiger partial charge on any atom is 0.422 e. The van der Waals surface area contributed by atoms with Crippen molar-refractivity contribution in [2.75, 3.05) is 13.2 Å². The number of aliphatic hydroxyl groups is 1. The van der Waals surface area contributed by atoms with E-state index < -0.39 is 36.7 Å². The van der Waals surface area contributed by atoms with Crippen LogP contribution in [0.4, 0.5) is 13.2 Å². The van der Waals surface area contributed by atoms with Gasteiger partial charge in [0.15, 0.2) is 6.61 Å². The average molecular weight is 452 g/mol. The van der Waals surface area contributed by atoms with Crippen molar-refractivity contribution in [1.29, 1.82) is 0 Å². The van der Waals surface area contributed by atoms with Gasteiger partial charge in [-0.3, -0.25) is 14.6 Å². The maximum atomic E-state index is 13.3. The number of alkyl halides is 3. The molecule has 0 saturated heterocycles. The van der Waals surface area contributed by atoms with Crippen molar-refractivity contribution in [3.8, 4) is 5.88 Å². The van der Waals surface area contributed by atoms with Gasteiger partial charge in [0.25, 0.3) is 11.8 Å². The Hall–Kier alpha value is -3.21. The first-order valence-electron chi connectivity index (χ1n) is 9.84. The smallest absolute Gasteiger partial charge is 0.422 e. The predicted molar refractivity (Wildman–Crippen MR) is 107 cm³/mol. The number of nitrogens with two attached hydrogens (primary N) is 1. The van der Waals surface area contributed by atoms with E-state index in [0.717, 1.165) is 0 Å². The third-order valence-corrected chi connectivity index (χ3v) is 5.43. The number of rotatable bonds is 7. The van der Waals surface area contributed by atoms with Crippen molar-refractivity contribution >= 4 is 11.8 Å². The Balaban J connectivity index is 1.99. The van der Waals surface area contributed by atoms with E-state index in [1.807, 2.05) is 0 Å². The lowest BCUT2D eigenvalue weighted by molar-refractivity contribution is -0.154. The molecule has 0 aliphatic carbocycles. The summed E-state index contributed by atoms with van der Waals surface area (Å²) >= 11 is 0. The van der Waals surface area contributed by atoms with Gasteiger partial charge in [-0.15, -0.1) is 0 Å². The molecule has 8 nitrogen and oxygen atoms in total. The summed E-state index contributed by atoms with van der Waals surface area (Å²) in [6.45, 7) is 3.27. The van der Waals surface area contributed by atoms with E-state index in [9.17, 15) is 27.9 Å². The zero-order chi connectivity index (χ0) is 23.8. The zero-order valence-electron chi connectivity index (χ0n) is 17.7. The minimum atomic E-state index is -4.49. The van der Waals surface area contributed by atoms with Crippen LogP contribution in [0.3, 0.4) is 0 Å². The van der Waals surface area contributed by atoms with Gasteiger partial charge in [-0.05, 0) is 31.5 Å². The van der Waals surface area contributed by atoms with Gasteiger partial charge in [-0.2, -0.15) is 13.2 Å². The van der Waals surface area contributed by atoms with Gasteiger partial charge in [0.2, 0.25) is 5.88 Å². The largest absolute Gasteiger partial charge is 0.468 e. The lowest BCUT2D eigenvalue weighted by Gasteiger charge is -2.34. The van der Waals surface area contributed by atoms with E-state index in [1.54, 1.807) is 26.8 Å². The molecule has 0 bridgehead atoms. The lowest BCUT2D eigenvalue weighted by atomic mass is 9.92. The Kier molecular flexibility index (Phi) is 6.40. The number of carbonyl (C=O) groups excluding carboxylic acids is 2. The van der Waals surface area contributed by atoms with Crippen molar-refractivity contribution in [2.45, 2.75) is 39.0 Å². The Bertz CT molecular complexity index is 1040. The molecule has 2 amide bonds. The number of hydrogen-bond donors (Lipinski definition) is 2. The normalized spacial score (nSPS) is 17.8. The fraction of sp³-hybridized carbons (Fsp3) is 0.429. The number of ether oxygens (including phenoxy) is 1. The third kappa shape index (κ3) is 4.38. The van der Waals surface area contributed by atoms with Crippen LogP contribution in [0.25, 0.3) is 0 Å². The van der Waals surface area contributed by atoms with Gasteiger partial charge in [-0.1, -0.05) is 6.92 Å². The number of nitrogens with zero attached hydrogens (tertiary/aromatic N) is 3. The number of amides is 2. The van der Waals surface area contributed by atoms with E-state index in [-0.39, 0.29) is 29.7 Å². The van der Waals surface area contributed by atoms with E-state index in [1.165, 1.54) is 23.4 Å². The molecule has 3 atom stereocenters. The summed E-state index contributed by atoms with van der Waals surface area (Å²) in [4.78, 5) is 34.7. The van der Waals surface area contributed by atoms with Crippen LogP contribution in [-0.2, 0) is 0 Å². The van der Waals surface area contributed by atoms with E-state index in [0.29, 0.717) is 16.7 Å². The van der Waals surface area contributed by atoms with Crippen molar-refractivity contribution in [1.82, 2.24) is 14.9 Å². The standard InChI is InChI=1S/C21H23F3N4O4/c1-10-6-13(7-27-19(10)32-9-21(22,23)24)12(3)28-17(11(2)8-29)15-14(20(28)31)4-5-26-16(15)18(25)30/h4-7,11-12,17,29H,8-9H2,1-3H3,(H2,25,30)/t11-,12?,17?/m1/s1. The molecular weight excluding hydrogens is 429 g/mol. The highest BCUT2D eigenvalue weighted by atomic mass is 19.4. The quantitative estimate of drug-likeness (QED) is 0.667. The topological polar surface area (TPSA) is 119 Å². The first-order valence-corrected chi connectivity index (χ1v) is 9.84. The first-order chi connectivity index (χ1) is 15.0. The lowest BCUT2D eigenvalue weighted by Crippen LogP contribution is -2.35. The van der Waals surface area contributed by atoms with Crippen molar-refractivity contribution < 1.29 is 32.6 Å². The molecule has 3 rings (SSSR count). The molecule has 32 heavy (non-hydrogen) atoms. The molecule has 2 aromatic heterocycles. The molecular formula is C21H23F3N4O4. The number of aromatic nitrogens is 2. The number of fused-ring (bicyclic) bond motifs is 1. The van der Waals surface area contributed by atoms with Crippen LogP contribution in [0.1, 0.15) is 63.5 Å². The molecule has 0 saturated carbocycles. The number of aryl methyl sites for hydroxylation is 1. The fourth-order valence-electron chi connectivity index (χ4n) is 3.91. The Morgan fingerprint density at radius 2 is 2.03 bits per heavy atom. The molecule has 3 heterocycles. The third-order valence-electron chi connectivity index (χ3n) is 5.43. The first kappa shape index (κ1) is 23.5. The van der Waals surface area contributed by atoms with Gasteiger partial charge in [0.1, 0.15) is 5.69 Å². The summed E-state index contributed by atoms with van der Waals surface area (Å²) in [5.41, 5.74) is 6.96. The molecule has 2 aromatic rings. The van der Waals surface area contributed by atoms with Gasteiger partial charge in [-0.25, -0.2) is 4.98 Å². The van der Waals surface area contributed by atoms with Crippen molar-refractivity contribution in [2.24, 2.45) is 11.7 Å². The van der Waals surface area contributed by atoms with Crippen LogP contribution in [0.5, 0.6) is 5.88 Å². The fourth-order valence-corrected chi connectivity index (χ4v) is 3.91. The van der Waals surface area contributed by atoms with Gasteiger partial charge in [0.05, 0.1) is 12.1 Å². The predicted octanol–water partition coefficient (Wildman–Crippen LogP) is 2.71. The summed E-state index contributed by atoms with van der Waals surface area (Å²) in [6.07, 6.45) is -1.83. The molecule has 11 heteroatoms. The molecule has 0 aromatic carbocycles. The number of primary amides is 1. The van der Waals surface area contributed by atoms with E-state index >= 15 is 0 Å². The summed E-state index contributed by atoms with van der Waals surface area (Å²) in [7, 11) is 0. The molecule has 172 valence electrons. The minimum Gasteiger partial charge on any atom is -0.468 e. The average Bonchev–Trinajstić information content (AvgIpc) is 3.03. The Labute approximate surface area is 182 Å². The van der Waals surface area contributed by atoms with E-state index in [2.05, 4.69) is 9.97 Å². The maximum absolute atomic E-state index is 13.3. The summed E-state index contributed by atoms with van der Waals surface area (Å²) in [5, 5.41) is 9.82. The molecule has 2 unspecified atom stereocenters. The van der Waals surface area contributed by atoms with Crippen LogP contribution < -0.4 is 10.5 Å². The molecule has 0 spiro atoms. The molecule has 3 N–H and O–H groups in total. The molecule has 1 aliphatic heterocycles. The van der Waals surface area contributed by atoms with Crippen LogP contribution in [0.2, 0.25) is 0 Å². The van der Waals surface area contributed by atoms with Crippen LogP contribution in [0.15, 0.2) is 24.5 Å². The summed E-state index contributed by atoms with van der Waals surface area (Å²) in [6, 6.07) is 1.81. The zero-order valence-corrected chi connectivity index (χ0v) is 17.7. The molecule has 1 aliphatic rings. The van der Waals surface area contributed by atoms with Gasteiger partial charge < -0.3 is 20.5 Å². The minimum absolute atomic E-state index is 0.0407. The van der Waals surface area contributed by atoms with Crippen LogP contribution in [0, 0.1) is 12.8 Å². The number of pyridine rings is 2. The summed E-state index contributed by atoms with van der Waals surface area (Å²) in [5.74, 6) is -1.77. The van der Waals surface area contributed by atoms with Crippen LogP contribution >= 0.6 is 0 Å². The number of carbonyl (C=O) groups is 2. The highest BCUT2D eigenvalue weighted by Gasteiger charge is 2.45. The highest BCUT2D eigenvalue weighted by Crippen LogP contribution is 2.44. The summed E-state index contributed by atoms with van der Waals surface area (Å²) < 4.78 is 42.1. The monoisotopic (exact) mass is 452 g/mol.